The van der Waals surface area contributed by atoms with E-state index in [2.05, 4.69) is 4.99 Å². The number of rotatable bonds is 4. The fraction of sp³-hybridized carbons (Fsp3) is 0.261. The number of furan rings is 1. The minimum atomic E-state index is -0.691. The van der Waals surface area contributed by atoms with Crippen LogP contribution in [0.4, 0.5) is 0 Å². The average molecular weight is 434 g/mol. The number of amides is 1. The molecule has 0 bridgehead atoms. The summed E-state index contributed by atoms with van der Waals surface area (Å²) in [6.07, 6.45) is 2.99. The molecule has 1 amide bonds. The number of fused-ring (bicyclic) bond motifs is 2. The van der Waals surface area contributed by atoms with Crippen molar-refractivity contribution in [3.8, 4) is 0 Å². The van der Waals surface area contributed by atoms with Gasteiger partial charge in [0.15, 0.2) is 11.2 Å². The van der Waals surface area contributed by atoms with Crippen LogP contribution < -0.4 is 11.0 Å². The van der Waals surface area contributed by atoms with Crippen molar-refractivity contribution in [2.24, 2.45) is 4.99 Å². The molecule has 0 unspecified atom stereocenters. The predicted molar refractivity (Wildman–Crippen MR) is 117 cm³/mol. The van der Waals surface area contributed by atoms with Crippen molar-refractivity contribution >= 4 is 28.6 Å². The molecule has 4 aromatic heterocycles. The van der Waals surface area contributed by atoms with Crippen molar-refractivity contribution in [2.75, 3.05) is 6.61 Å². The molecule has 4 heterocycles. The third kappa shape index (κ3) is 3.51. The molecule has 164 valence electrons. The number of hydrogen-bond acceptors (Lipinski definition) is 6. The molecule has 0 saturated heterocycles. The zero-order chi connectivity index (χ0) is 23.0. The van der Waals surface area contributed by atoms with Crippen LogP contribution in [0.15, 0.2) is 57.0 Å². The van der Waals surface area contributed by atoms with Crippen LogP contribution in [0.25, 0.3) is 16.7 Å². The van der Waals surface area contributed by atoms with E-state index in [1.807, 2.05) is 26.8 Å². The lowest BCUT2D eigenvalue weighted by Gasteiger charge is -2.18. The van der Waals surface area contributed by atoms with Gasteiger partial charge in [-0.15, -0.1) is 0 Å². The van der Waals surface area contributed by atoms with E-state index < -0.39 is 11.9 Å². The number of carbonyl (C=O) groups is 2. The highest BCUT2D eigenvalue weighted by Gasteiger charge is 2.22. The Morgan fingerprint density at radius 3 is 2.66 bits per heavy atom. The van der Waals surface area contributed by atoms with Gasteiger partial charge in [-0.3, -0.25) is 14.0 Å². The Bertz CT molecular complexity index is 1480. The summed E-state index contributed by atoms with van der Waals surface area (Å²) >= 11 is 0. The topological polar surface area (TPSA) is 108 Å². The van der Waals surface area contributed by atoms with Crippen LogP contribution in [-0.4, -0.2) is 32.4 Å². The lowest BCUT2D eigenvalue weighted by molar-refractivity contribution is 0.0523. The first-order valence-corrected chi connectivity index (χ1v) is 10.2. The van der Waals surface area contributed by atoms with E-state index in [-0.39, 0.29) is 40.4 Å². The molecule has 4 rings (SSSR count). The van der Waals surface area contributed by atoms with Gasteiger partial charge in [0.1, 0.15) is 16.9 Å². The molecule has 0 atom stereocenters. The van der Waals surface area contributed by atoms with Crippen molar-refractivity contribution in [3.63, 3.8) is 0 Å². The number of aromatic nitrogens is 3. The third-order valence-corrected chi connectivity index (χ3v) is 5.00. The van der Waals surface area contributed by atoms with Gasteiger partial charge in [0.25, 0.3) is 5.56 Å². The summed E-state index contributed by atoms with van der Waals surface area (Å²) < 4.78 is 13.4. The molecular weight excluding hydrogens is 412 g/mol. The molecule has 0 radical (unpaired) electrons. The molecule has 32 heavy (non-hydrogen) atoms. The Balaban J connectivity index is 2.20. The van der Waals surface area contributed by atoms with Gasteiger partial charge >= 0.3 is 11.9 Å². The van der Waals surface area contributed by atoms with Crippen LogP contribution in [-0.2, 0) is 4.74 Å². The zero-order valence-electron chi connectivity index (χ0n) is 18.2. The number of aryl methyl sites for hydroxylation is 1. The number of carbonyl (C=O) groups excluding carboxylic acids is 2. The molecule has 0 aliphatic carbocycles. The van der Waals surface area contributed by atoms with Crippen molar-refractivity contribution < 1.29 is 18.7 Å². The van der Waals surface area contributed by atoms with Crippen LogP contribution >= 0.6 is 0 Å². The van der Waals surface area contributed by atoms with E-state index >= 15 is 0 Å². The maximum atomic E-state index is 13.3. The van der Waals surface area contributed by atoms with E-state index in [1.54, 1.807) is 29.8 Å². The molecular formula is C23H22N4O5. The van der Waals surface area contributed by atoms with E-state index in [0.29, 0.717) is 11.3 Å². The highest BCUT2D eigenvalue weighted by molar-refractivity contribution is 5.95. The summed E-state index contributed by atoms with van der Waals surface area (Å²) in [6, 6.07) is 7.78. The molecule has 0 saturated carbocycles. The molecule has 9 heteroatoms. The smallest absolute Gasteiger partial charge is 0.341 e. The van der Waals surface area contributed by atoms with Gasteiger partial charge in [-0.25, -0.2) is 9.78 Å². The summed E-state index contributed by atoms with van der Waals surface area (Å²) in [6.45, 7) is 7.36. The number of ether oxygens (including phenoxy) is 1. The fourth-order valence-electron chi connectivity index (χ4n) is 3.56. The second-order valence-corrected chi connectivity index (χ2v) is 7.50. The summed E-state index contributed by atoms with van der Waals surface area (Å²) in [4.78, 5) is 47.8. The number of hydrogen-bond donors (Lipinski definition) is 0. The third-order valence-electron chi connectivity index (χ3n) is 5.00. The number of pyridine rings is 2. The second kappa shape index (κ2) is 8.26. The van der Waals surface area contributed by atoms with E-state index in [1.165, 1.54) is 22.8 Å². The molecule has 0 aliphatic heterocycles. The van der Waals surface area contributed by atoms with Gasteiger partial charge in [0.05, 0.1) is 18.3 Å². The minimum absolute atomic E-state index is 0.000501. The standard InChI is InChI=1S/C23H22N4O5/c1-5-31-23(30)16-12-15-19(24-18-14(4)8-6-10-26(18)22(15)29)27(13(2)3)20(16)25-21(28)17-9-7-11-32-17/h6-13H,5H2,1-4H3. The van der Waals surface area contributed by atoms with Crippen LogP contribution in [0.3, 0.4) is 0 Å². The molecule has 0 aromatic carbocycles. The van der Waals surface area contributed by atoms with E-state index in [4.69, 9.17) is 14.1 Å². The largest absolute Gasteiger partial charge is 0.462 e. The Labute approximate surface area is 182 Å². The average Bonchev–Trinajstić information content (AvgIpc) is 3.29. The SMILES string of the molecule is CCOC(=O)c1cc2c(=O)n3cccc(C)c3nc2n(C(C)C)c1=NC(=O)c1ccco1. The lowest BCUT2D eigenvalue weighted by atomic mass is 10.2. The first kappa shape index (κ1) is 21.2. The Kier molecular flexibility index (Phi) is 5.48. The maximum Gasteiger partial charge on any atom is 0.341 e. The van der Waals surface area contributed by atoms with Gasteiger partial charge in [0, 0.05) is 12.2 Å². The lowest BCUT2D eigenvalue weighted by Crippen LogP contribution is -2.33. The first-order valence-electron chi connectivity index (χ1n) is 10.2. The molecule has 0 spiro atoms. The van der Waals surface area contributed by atoms with Crippen molar-refractivity contribution in [3.05, 3.63) is 75.5 Å². The highest BCUT2D eigenvalue weighted by atomic mass is 16.5. The van der Waals surface area contributed by atoms with Crippen molar-refractivity contribution in [1.82, 2.24) is 14.0 Å². The molecule has 0 aliphatic rings. The molecule has 4 aromatic rings. The Hall–Kier alpha value is -4.01. The predicted octanol–water partition coefficient (Wildman–Crippen LogP) is 3.05. The summed E-state index contributed by atoms with van der Waals surface area (Å²) in [5.74, 6) is -1.33. The molecule has 9 nitrogen and oxygen atoms in total. The number of esters is 1. The van der Waals surface area contributed by atoms with Gasteiger partial charge in [-0.1, -0.05) is 6.07 Å². The normalized spacial score (nSPS) is 12.1. The van der Waals surface area contributed by atoms with Crippen LogP contribution in [0, 0.1) is 6.92 Å². The molecule has 0 fully saturated rings. The first-order chi connectivity index (χ1) is 15.3. The second-order valence-electron chi connectivity index (χ2n) is 7.50. The van der Waals surface area contributed by atoms with Gasteiger partial charge in [-0.05, 0) is 57.5 Å². The van der Waals surface area contributed by atoms with Crippen LogP contribution in [0.5, 0.6) is 0 Å². The summed E-state index contributed by atoms with van der Waals surface area (Å²) in [7, 11) is 0. The van der Waals surface area contributed by atoms with Crippen molar-refractivity contribution in [1.29, 1.82) is 0 Å². The van der Waals surface area contributed by atoms with Gasteiger partial charge in [-0.2, -0.15) is 4.99 Å². The zero-order valence-corrected chi connectivity index (χ0v) is 18.2. The summed E-state index contributed by atoms with van der Waals surface area (Å²) in [5.41, 5.74) is 1.32. The summed E-state index contributed by atoms with van der Waals surface area (Å²) in [5, 5.41) is 0.217. The van der Waals surface area contributed by atoms with E-state index in [0.717, 1.165) is 5.56 Å². The van der Waals surface area contributed by atoms with Crippen LogP contribution in [0.2, 0.25) is 0 Å². The monoisotopic (exact) mass is 434 g/mol. The van der Waals surface area contributed by atoms with E-state index in [9.17, 15) is 14.4 Å². The Morgan fingerprint density at radius 2 is 2.00 bits per heavy atom. The molecule has 0 N–H and O–H groups in total. The van der Waals surface area contributed by atoms with Gasteiger partial charge in [0.2, 0.25) is 0 Å². The minimum Gasteiger partial charge on any atom is -0.462 e. The van der Waals surface area contributed by atoms with Crippen LogP contribution in [0.1, 0.15) is 53.3 Å². The quantitative estimate of drug-likeness (QED) is 0.361. The number of nitrogens with zero attached hydrogens (tertiary/aromatic N) is 4. The van der Waals surface area contributed by atoms with Gasteiger partial charge < -0.3 is 13.7 Å². The Morgan fingerprint density at radius 1 is 1.22 bits per heavy atom. The fourth-order valence-corrected chi connectivity index (χ4v) is 3.56. The van der Waals surface area contributed by atoms with Crippen molar-refractivity contribution in [2.45, 2.75) is 33.7 Å². The highest BCUT2D eigenvalue weighted by Crippen LogP contribution is 2.17. The maximum absolute atomic E-state index is 13.3.